The van der Waals surface area contributed by atoms with Gasteiger partial charge in [-0.25, -0.2) is 12.7 Å². The summed E-state index contributed by atoms with van der Waals surface area (Å²) in [6.45, 7) is 3.11. The molecule has 0 rings (SSSR count). The zero-order chi connectivity index (χ0) is 11.7. The lowest BCUT2D eigenvalue weighted by Gasteiger charge is -2.19. The number of ether oxygens (including phenoxy) is 1. The Bertz CT molecular complexity index is 240. The molecule has 0 aliphatic rings. The first-order valence-electron chi connectivity index (χ1n) is 5.16. The van der Waals surface area contributed by atoms with E-state index in [0.717, 1.165) is 0 Å². The first-order valence-corrected chi connectivity index (χ1v) is 6.77. The molecule has 0 spiro atoms. The van der Waals surface area contributed by atoms with Crippen molar-refractivity contribution in [2.45, 2.75) is 19.8 Å². The van der Waals surface area contributed by atoms with E-state index in [0.29, 0.717) is 32.5 Å². The first kappa shape index (κ1) is 14.8. The Morgan fingerprint density at radius 2 is 2.00 bits per heavy atom. The molecule has 1 N–H and O–H groups in total. The van der Waals surface area contributed by atoms with Gasteiger partial charge >= 0.3 is 0 Å². The number of aliphatic hydroxyl groups excluding tert-OH is 1. The molecule has 0 aliphatic carbocycles. The molecule has 0 aliphatic heterocycles. The number of hydrogen-bond acceptors (Lipinski definition) is 4. The van der Waals surface area contributed by atoms with Crippen LogP contribution in [0.5, 0.6) is 0 Å². The van der Waals surface area contributed by atoms with Crippen LogP contribution < -0.4 is 0 Å². The van der Waals surface area contributed by atoms with Gasteiger partial charge in [0.25, 0.3) is 0 Å². The number of nitrogens with zero attached hydrogens (tertiary/aromatic N) is 1. The highest BCUT2D eigenvalue weighted by molar-refractivity contribution is 7.89. The molecular weight excluding hydrogens is 218 g/mol. The highest BCUT2D eigenvalue weighted by Crippen LogP contribution is 2.04. The predicted molar refractivity (Wildman–Crippen MR) is 59.2 cm³/mol. The maximum absolute atomic E-state index is 11.7. The van der Waals surface area contributed by atoms with E-state index in [4.69, 9.17) is 9.84 Å². The molecule has 0 aromatic carbocycles. The quantitative estimate of drug-likeness (QED) is 0.578. The Kier molecular flexibility index (Phi) is 7.95. The lowest BCUT2D eigenvalue weighted by Crippen LogP contribution is -2.34. The average Bonchev–Trinajstić information content (AvgIpc) is 2.19. The molecule has 0 heterocycles. The Morgan fingerprint density at radius 1 is 1.33 bits per heavy atom. The molecule has 0 saturated carbocycles. The molecule has 0 aromatic rings. The van der Waals surface area contributed by atoms with Crippen molar-refractivity contribution < 1.29 is 18.3 Å². The molecule has 15 heavy (non-hydrogen) atoms. The molecule has 5 nitrogen and oxygen atoms in total. The van der Waals surface area contributed by atoms with Crippen LogP contribution in [0.15, 0.2) is 0 Å². The monoisotopic (exact) mass is 239 g/mol. The molecule has 92 valence electrons. The van der Waals surface area contributed by atoms with Gasteiger partial charge in [0.05, 0.1) is 5.75 Å². The highest BCUT2D eigenvalue weighted by Gasteiger charge is 2.18. The standard InChI is InChI=1S/C9H21NO4S/c1-3-10(6-4-7-11)15(12,13)9-5-8-14-2/h11H,3-9H2,1-2H3. The summed E-state index contributed by atoms with van der Waals surface area (Å²) in [7, 11) is -1.62. The van der Waals surface area contributed by atoms with E-state index in [1.807, 2.05) is 0 Å². The Morgan fingerprint density at radius 3 is 2.47 bits per heavy atom. The van der Waals surface area contributed by atoms with Crippen molar-refractivity contribution in [2.24, 2.45) is 0 Å². The van der Waals surface area contributed by atoms with Gasteiger partial charge in [-0.3, -0.25) is 0 Å². The topological polar surface area (TPSA) is 66.8 Å². The third kappa shape index (κ3) is 6.09. The van der Waals surface area contributed by atoms with Gasteiger partial charge in [0.1, 0.15) is 0 Å². The Balaban J connectivity index is 4.13. The Labute approximate surface area is 92.1 Å². The van der Waals surface area contributed by atoms with Crippen molar-refractivity contribution in [3.05, 3.63) is 0 Å². The summed E-state index contributed by atoms with van der Waals surface area (Å²) in [4.78, 5) is 0. The van der Waals surface area contributed by atoms with Crippen LogP contribution in [0.1, 0.15) is 19.8 Å². The second kappa shape index (κ2) is 8.04. The number of rotatable bonds is 9. The van der Waals surface area contributed by atoms with E-state index in [-0.39, 0.29) is 12.4 Å². The van der Waals surface area contributed by atoms with Gasteiger partial charge < -0.3 is 9.84 Å². The summed E-state index contributed by atoms with van der Waals surface area (Å²) in [5.41, 5.74) is 0. The lowest BCUT2D eigenvalue weighted by atomic mass is 10.4. The van der Waals surface area contributed by atoms with E-state index in [2.05, 4.69) is 0 Å². The summed E-state index contributed by atoms with van der Waals surface area (Å²) in [5.74, 6) is 0.111. The fourth-order valence-electron chi connectivity index (χ4n) is 1.26. The summed E-state index contributed by atoms with van der Waals surface area (Å²) in [6, 6.07) is 0. The van der Waals surface area contributed by atoms with Crippen LogP contribution in [0.2, 0.25) is 0 Å². The van der Waals surface area contributed by atoms with Crippen molar-refractivity contribution in [2.75, 3.05) is 39.2 Å². The summed E-state index contributed by atoms with van der Waals surface area (Å²) >= 11 is 0. The maximum Gasteiger partial charge on any atom is 0.214 e. The van der Waals surface area contributed by atoms with E-state index < -0.39 is 10.0 Å². The first-order chi connectivity index (χ1) is 7.08. The fourth-order valence-corrected chi connectivity index (χ4v) is 2.80. The van der Waals surface area contributed by atoms with Crippen LogP contribution in [0.25, 0.3) is 0 Å². The van der Waals surface area contributed by atoms with Crippen LogP contribution in [-0.2, 0) is 14.8 Å². The van der Waals surface area contributed by atoms with Crippen molar-refractivity contribution in [3.63, 3.8) is 0 Å². The van der Waals surface area contributed by atoms with E-state index in [1.54, 1.807) is 14.0 Å². The Hall–Kier alpha value is -0.170. The van der Waals surface area contributed by atoms with Crippen molar-refractivity contribution in [1.29, 1.82) is 0 Å². The van der Waals surface area contributed by atoms with Gasteiger partial charge in [-0.1, -0.05) is 6.92 Å². The smallest absolute Gasteiger partial charge is 0.214 e. The minimum Gasteiger partial charge on any atom is -0.396 e. The van der Waals surface area contributed by atoms with E-state index >= 15 is 0 Å². The van der Waals surface area contributed by atoms with Gasteiger partial charge in [-0.2, -0.15) is 0 Å². The highest BCUT2D eigenvalue weighted by atomic mass is 32.2. The van der Waals surface area contributed by atoms with E-state index in [1.165, 1.54) is 4.31 Å². The van der Waals surface area contributed by atoms with E-state index in [9.17, 15) is 8.42 Å². The van der Waals surface area contributed by atoms with Crippen LogP contribution in [-0.4, -0.2) is 57.0 Å². The van der Waals surface area contributed by atoms with Crippen molar-refractivity contribution in [3.8, 4) is 0 Å². The van der Waals surface area contributed by atoms with Gasteiger partial charge in [0, 0.05) is 33.4 Å². The molecule has 0 amide bonds. The molecule has 0 fully saturated rings. The van der Waals surface area contributed by atoms with Gasteiger partial charge in [0.15, 0.2) is 0 Å². The number of methoxy groups -OCH3 is 1. The number of sulfonamides is 1. The normalized spacial score (nSPS) is 12.3. The summed E-state index contributed by atoms with van der Waals surface area (Å²) in [6.07, 6.45) is 0.992. The number of hydrogen-bond donors (Lipinski definition) is 1. The van der Waals surface area contributed by atoms with Gasteiger partial charge in [0.2, 0.25) is 10.0 Å². The summed E-state index contributed by atoms with van der Waals surface area (Å²) in [5, 5.41) is 8.65. The predicted octanol–water partition coefficient (Wildman–Crippen LogP) is 0.0570. The van der Waals surface area contributed by atoms with Crippen molar-refractivity contribution >= 4 is 10.0 Å². The van der Waals surface area contributed by atoms with Crippen LogP contribution in [0.3, 0.4) is 0 Å². The van der Waals surface area contributed by atoms with Gasteiger partial charge in [-0.05, 0) is 12.8 Å². The second-order valence-electron chi connectivity index (χ2n) is 3.23. The van der Waals surface area contributed by atoms with Crippen LogP contribution in [0.4, 0.5) is 0 Å². The SMILES string of the molecule is CCN(CCCO)S(=O)(=O)CCCOC. The molecule has 0 bridgehead atoms. The van der Waals surface area contributed by atoms with Gasteiger partial charge in [-0.15, -0.1) is 0 Å². The molecular formula is C9H21NO4S. The summed E-state index contributed by atoms with van der Waals surface area (Å²) < 4.78 is 29.7. The zero-order valence-corrected chi connectivity index (χ0v) is 10.3. The fraction of sp³-hybridized carbons (Fsp3) is 1.00. The molecule has 6 heteroatoms. The second-order valence-corrected chi connectivity index (χ2v) is 5.32. The molecule has 0 unspecified atom stereocenters. The third-order valence-electron chi connectivity index (χ3n) is 2.06. The van der Waals surface area contributed by atoms with Crippen LogP contribution in [0, 0.1) is 0 Å². The number of aliphatic hydroxyl groups is 1. The molecule has 0 radical (unpaired) electrons. The largest absolute Gasteiger partial charge is 0.396 e. The average molecular weight is 239 g/mol. The third-order valence-corrected chi connectivity index (χ3v) is 4.09. The molecule has 0 saturated heterocycles. The zero-order valence-electron chi connectivity index (χ0n) is 9.48. The maximum atomic E-state index is 11.7. The minimum absolute atomic E-state index is 0.0179. The lowest BCUT2D eigenvalue weighted by molar-refractivity contribution is 0.199. The molecule has 0 aromatic heterocycles. The van der Waals surface area contributed by atoms with Crippen molar-refractivity contribution in [1.82, 2.24) is 4.31 Å². The van der Waals surface area contributed by atoms with Crippen LogP contribution >= 0.6 is 0 Å². The minimum atomic E-state index is -3.17. The molecule has 0 atom stereocenters.